The van der Waals surface area contributed by atoms with Gasteiger partial charge in [-0.25, -0.2) is 0 Å². The molecular weight excluding hydrogens is 216 g/mol. The van der Waals surface area contributed by atoms with Gasteiger partial charge >= 0.3 is 0 Å². The fourth-order valence-corrected chi connectivity index (χ4v) is 1.37. The first-order valence-corrected chi connectivity index (χ1v) is 5.38. The molecule has 1 rings (SSSR count). The van der Waals surface area contributed by atoms with Crippen LogP contribution in [0.25, 0.3) is 0 Å². The second-order valence-electron chi connectivity index (χ2n) is 3.93. The van der Waals surface area contributed by atoms with E-state index in [1.807, 2.05) is 13.8 Å². The Balaban J connectivity index is 2.74. The first kappa shape index (κ1) is 13.0. The van der Waals surface area contributed by atoms with Crippen molar-refractivity contribution in [3.8, 4) is 0 Å². The summed E-state index contributed by atoms with van der Waals surface area (Å²) < 4.78 is 0. The molecule has 0 atom stereocenters. The highest BCUT2D eigenvalue weighted by molar-refractivity contribution is 6.10. The van der Waals surface area contributed by atoms with Gasteiger partial charge in [0.25, 0.3) is 11.8 Å². The third kappa shape index (κ3) is 3.45. The van der Waals surface area contributed by atoms with Gasteiger partial charge in [-0.3, -0.25) is 14.9 Å². The largest absolute Gasteiger partial charge is 0.404 e. The Labute approximate surface area is 101 Å². The zero-order valence-corrected chi connectivity index (χ0v) is 9.94. The van der Waals surface area contributed by atoms with E-state index in [4.69, 9.17) is 5.73 Å². The van der Waals surface area contributed by atoms with Crippen molar-refractivity contribution in [3.05, 3.63) is 47.7 Å². The number of imide groups is 1. The Morgan fingerprint density at radius 1 is 1.24 bits per heavy atom. The van der Waals surface area contributed by atoms with E-state index in [-0.39, 0.29) is 5.92 Å². The van der Waals surface area contributed by atoms with Crippen molar-refractivity contribution >= 4 is 11.8 Å². The molecule has 0 aliphatic carbocycles. The quantitative estimate of drug-likeness (QED) is 0.774. The van der Waals surface area contributed by atoms with Crippen LogP contribution in [0.2, 0.25) is 0 Å². The molecule has 0 fully saturated rings. The Kier molecular flexibility index (Phi) is 4.46. The maximum atomic E-state index is 11.7. The molecule has 0 unspecified atom stereocenters. The highest BCUT2D eigenvalue weighted by Gasteiger charge is 2.16. The van der Waals surface area contributed by atoms with E-state index < -0.39 is 11.8 Å². The topological polar surface area (TPSA) is 72.2 Å². The van der Waals surface area contributed by atoms with Crippen molar-refractivity contribution in [3.63, 3.8) is 0 Å². The molecule has 1 aromatic rings. The number of rotatable bonds is 3. The smallest absolute Gasteiger partial charge is 0.258 e. The number of amides is 2. The minimum Gasteiger partial charge on any atom is -0.404 e. The van der Waals surface area contributed by atoms with E-state index in [0.717, 1.165) is 0 Å². The van der Waals surface area contributed by atoms with Crippen molar-refractivity contribution in [1.82, 2.24) is 5.32 Å². The molecule has 0 saturated heterocycles. The fraction of sp³-hybridized carbons (Fsp3) is 0.231. The van der Waals surface area contributed by atoms with Crippen LogP contribution in [0.15, 0.2) is 42.1 Å². The molecule has 17 heavy (non-hydrogen) atoms. The van der Waals surface area contributed by atoms with Crippen molar-refractivity contribution < 1.29 is 9.59 Å². The van der Waals surface area contributed by atoms with Crippen LogP contribution < -0.4 is 11.1 Å². The van der Waals surface area contributed by atoms with E-state index in [0.29, 0.717) is 11.1 Å². The lowest BCUT2D eigenvalue weighted by Gasteiger charge is -2.10. The van der Waals surface area contributed by atoms with Gasteiger partial charge < -0.3 is 5.73 Å². The van der Waals surface area contributed by atoms with Gasteiger partial charge in [0.2, 0.25) is 0 Å². The predicted octanol–water partition coefficient (Wildman–Crippen LogP) is 1.44. The number of benzene rings is 1. The predicted molar refractivity (Wildman–Crippen MR) is 66.0 cm³/mol. The summed E-state index contributed by atoms with van der Waals surface area (Å²) in [6.07, 6.45) is 1.23. The van der Waals surface area contributed by atoms with Gasteiger partial charge in [0, 0.05) is 17.3 Å². The molecular formula is C13H16N2O2. The van der Waals surface area contributed by atoms with Crippen LogP contribution in [0.5, 0.6) is 0 Å². The standard InChI is InChI=1S/C13H16N2O2/c1-9(2)11(8-14)13(17)15-12(16)10-6-4-3-5-7-10/h3-9H,14H2,1-2H3,(H,15,16,17)/b11-8-. The van der Waals surface area contributed by atoms with Gasteiger partial charge in [-0.05, 0) is 18.1 Å². The van der Waals surface area contributed by atoms with Gasteiger partial charge in [0.15, 0.2) is 0 Å². The summed E-state index contributed by atoms with van der Waals surface area (Å²) in [6.45, 7) is 3.68. The summed E-state index contributed by atoms with van der Waals surface area (Å²) in [5.41, 5.74) is 6.20. The lowest BCUT2D eigenvalue weighted by molar-refractivity contribution is -0.117. The average Bonchev–Trinajstić information content (AvgIpc) is 2.30. The maximum absolute atomic E-state index is 11.7. The first-order valence-electron chi connectivity index (χ1n) is 5.38. The minimum absolute atomic E-state index is 0.0245. The number of carbonyl (C=O) groups excluding carboxylic acids is 2. The summed E-state index contributed by atoms with van der Waals surface area (Å²) in [4.78, 5) is 23.4. The molecule has 90 valence electrons. The summed E-state index contributed by atoms with van der Waals surface area (Å²) >= 11 is 0. The molecule has 4 nitrogen and oxygen atoms in total. The highest BCUT2D eigenvalue weighted by atomic mass is 16.2. The van der Waals surface area contributed by atoms with Crippen LogP contribution >= 0.6 is 0 Å². The van der Waals surface area contributed by atoms with Crippen LogP contribution in [-0.2, 0) is 4.79 Å². The second-order valence-corrected chi connectivity index (χ2v) is 3.93. The average molecular weight is 232 g/mol. The van der Waals surface area contributed by atoms with Crippen LogP contribution in [0.3, 0.4) is 0 Å². The third-order valence-electron chi connectivity index (χ3n) is 2.33. The lowest BCUT2D eigenvalue weighted by Crippen LogP contribution is -2.33. The fourth-order valence-electron chi connectivity index (χ4n) is 1.37. The van der Waals surface area contributed by atoms with Crippen molar-refractivity contribution in [2.45, 2.75) is 13.8 Å². The summed E-state index contributed by atoms with van der Waals surface area (Å²) in [5, 5.41) is 2.30. The van der Waals surface area contributed by atoms with Gasteiger partial charge in [0.1, 0.15) is 0 Å². The molecule has 0 saturated carbocycles. The zero-order valence-electron chi connectivity index (χ0n) is 9.94. The van der Waals surface area contributed by atoms with Crippen LogP contribution in [0.4, 0.5) is 0 Å². The minimum atomic E-state index is -0.448. The van der Waals surface area contributed by atoms with Gasteiger partial charge in [-0.15, -0.1) is 0 Å². The second kappa shape index (κ2) is 5.84. The Hall–Kier alpha value is -2.10. The number of carbonyl (C=O) groups is 2. The molecule has 0 radical (unpaired) electrons. The summed E-state index contributed by atoms with van der Waals surface area (Å²) in [5.74, 6) is -0.893. The maximum Gasteiger partial charge on any atom is 0.258 e. The van der Waals surface area contributed by atoms with Gasteiger partial charge in [-0.1, -0.05) is 32.0 Å². The van der Waals surface area contributed by atoms with Gasteiger partial charge in [-0.2, -0.15) is 0 Å². The molecule has 4 heteroatoms. The van der Waals surface area contributed by atoms with Crippen molar-refractivity contribution in [2.75, 3.05) is 0 Å². The molecule has 2 amide bonds. The molecule has 0 aliphatic rings. The van der Waals surface area contributed by atoms with E-state index >= 15 is 0 Å². The van der Waals surface area contributed by atoms with E-state index in [1.165, 1.54) is 6.20 Å². The molecule has 3 N–H and O–H groups in total. The molecule has 0 spiro atoms. The van der Waals surface area contributed by atoms with Crippen molar-refractivity contribution in [1.29, 1.82) is 0 Å². The Morgan fingerprint density at radius 2 is 1.82 bits per heavy atom. The normalized spacial score (nSPS) is 11.4. The van der Waals surface area contributed by atoms with Crippen LogP contribution in [0, 0.1) is 5.92 Å². The first-order chi connectivity index (χ1) is 8.06. The zero-order chi connectivity index (χ0) is 12.8. The number of nitrogens with two attached hydrogens (primary N) is 1. The molecule has 0 heterocycles. The van der Waals surface area contributed by atoms with Crippen LogP contribution in [0.1, 0.15) is 24.2 Å². The third-order valence-corrected chi connectivity index (χ3v) is 2.33. The Morgan fingerprint density at radius 3 is 2.29 bits per heavy atom. The molecule has 0 bridgehead atoms. The van der Waals surface area contributed by atoms with E-state index in [2.05, 4.69) is 5.32 Å². The van der Waals surface area contributed by atoms with Crippen LogP contribution in [-0.4, -0.2) is 11.8 Å². The lowest BCUT2D eigenvalue weighted by atomic mass is 10.0. The number of nitrogens with one attached hydrogen (secondary N) is 1. The summed E-state index contributed by atoms with van der Waals surface area (Å²) in [6, 6.07) is 8.56. The highest BCUT2D eigenvalue weighted by Crippen LogP contribution is 2.08. The number of hydrogen-bond donors (Lipinski definition) is 2. The van der Waals surface area contributed by atoms with Crippen molar-refractivity contribution in [2.24, 2.45) is 11.7 Å². The SMILES string of the molecule is CC(C)/C(=C/N)C(=O)NC(=O)c1ccccc1. The summed E-state index contributed by atoms with van der Waals surface area (Å²) in [7, 11) is 0. The van der Waals surface area contributed by atoms with E-state index in [9.17, 15) is 9.59 Å². The Bertz CT molecular complexity index is 436. The molecule has 0 aliphatic heterocycles. The monoisotopic (exact) mass is 232 g/mol. The van der Waals surface area contributed by atoms with Gasteiger partial charge in [0.05, 0.1) is 0 Å². The molecule has 0 aromatic heterocycles. The molecule has 1 aromatic carbocycles. The van der Waals surface area contributed by atoms with E-state index in [1.54, 1.807) is 30.3 Å². The number of hydrogen-bond acceptors (Lipinski definition) is 3.